The van der Waals surface area contributed by atoms with Gasteiger partial charge in [0, 0.05) is 18.2 Å². The lowest BCUT2D eigenvalue weighted by Crippen LogP contribution is -2.33. The SMILES string of the molecule is CCNC(c1ccc2c(c1)C(=O)NCC2)C(CC)CC. The van der Waals surface area contributed by atoms with Crippen LogP contribution in [0.15, 0.2) is 18.2 Å². The van der Waals surface area contributed by atoms with Gasteiger partial charge in [-0.15, -0.1) is 0 Å². The molecule has 2 rings (SSSR count). The molecule has 0 fully saturated rings. The number of fused-ring (bicyclic) bond motifs is 1. The van der Waals surface area contributed by atoms with Gasteiger partial charge < -0.3 is 10.6 Å². The molecular formula is C17H26N2O. The van der Waals surface area contributed by atoms with Crippen LogP contribution in [0, 0.1) is 5.92 Å². The first-order valence-corrected chi connectivity index (χ1v) is 7.85. The second kappa shape index (κ2) is 6.89. The van der Waals surface area contributed by atoms with Crippen LogP contribution < -0.4 is 10.6 Å². The third kappa shape index (κ3) is 3.04. The van der Waals surface area contributed by atoms with E-state index in [-0.39, 0.29) is 5.91 Å². The fourth-order valence-electron chi connectivity index (χ4n) is 3.16. The summed E-state index contributed by atoms with van der Waals surface area (Å²) in [6, 6.07) is 6.77. The Labute approximate surface area is 122 Å². The van der Waals surface area contributed by atoms with Crippen molar-refractivity contribution in [3.8, 4) is 0 Å². The second-order valence-electron chi connectivity index (χ2n) is 5.53. The molecule has 1 atom stereocenters. The van der Waals surface area contributed by atoms with Crippen molar-refractivity contribution in [2.75, 3.05) is 13.1 Å². The summed E-state index contributed by atoms with van der Waals surface area (Å²) in [5.74, 6) is 0.688. The van der Waals surface area contributed by atoms with E-state index in [4.69, 9.17) is 0 Å². The first kappa shape index (κ1) is 15.0. The summed E-state index contributed by atoms with van der Waals surface area (Å²) in [6.45, 7) is 8.33. The van der Waals surface area contributed by atoms with Gasteiger partial charge in [-0.25, -0.2) is 0 Å². The van der Waals surface area contributed by atoms with Gasteiger partial charge in [0.05, 0.1) is 0 Å². The quantitative estimate of drug-likeness (QED) is 0.837. The molecule has 0 aliphatic carbocycles. The Hall–Kier alpha value is -1.35. The van der Waals surface area contributed by atoms with E-state index in [1.807, 2.05) is 0 Å². The number of carbonyl (C=O) groups is 1. The molecule has 0 saturated heterocycles. The molecule has 2 N–H and O–H groups in total. The zero-order valence-electron chi connectivity index (χ0n) is 12.8. The summed E-state index contributed by atoms with van der Waals surface area (Å²) in [6.07, 6.45) is 3.24. The maximum Gasteiger partial charge on any atom is 0.251 e. The Morgan fingerprint density at radius 2 is 2.00 bits per heavy atom. The van der Waals surface area contributed by atoms with E-state index in [9.17, 15) is 4.79 Å². The molecular weight excluding hydrogens is 248 g/mol. The average Bonchev–Trinajstić information content (AvgIpc) is 2.48. The molecule has 0 radical (unpaired) electrons. The summed E-state index contributed by atoms with van der Waals surface area (Å²) in [7, 11) is 0. The van der Waals surface area contributed by atoms with Crippen molar-refractivity contribution in [3.63, 3.8) is 0 Å². The lowest BCUT2D eigenvalue weighted by Gasteiger charge is -2.28. The van der Waals surface area contributed by atoms with Crippen LogP contribution in [0.2, 0.25) is 0 Å². The maximum absolute atomic E-state index is 12.0. The zero-order chi connectivity index (χ0) is 14.5. The van der Waals surface area contributed by atoms with Gasteiger partial charge >= 0.3 is 0 Å². The van der Waals surface area contributed by atoms with Crippen LogP contribution in [0.3, 0.4) is 0 Å². The van der Waals surface area contributed by atoms with Gasteiger partial charge in [-0.1, -0.05) is 45.7 Å². The van der Waals surface area contributed by atoms with E-state index in [1.165, 1.54) is 11.1 Å². The number of amides is 1. The van der Waals surface area contributed by atoms with Crippen LogP contribution in [0.1, 0.15) is 61.1 Å². The predicted octanol–water partition coefficient (Wildman–Crippen LogP) is 3.06. The number of hydrogen-bond acceptors (Lipinski definition) is 2. The summed E-state index contributed by atoms with van der Waals surface area (Å²) in [4.78, 5) is 12.0. The van der Waals surface area contributed by atoms with Crippen LogP contribution in [0.4, 0.5) is 0 Å². The molecule has 0 bridgehead atoms. The average molecular weight is 274 g/mol. The largest absolute Gasteiger partial charge is 0.352 e. The van der Waals surface area contributed by atoms with Crippen molar-refractivity contribution >= 4 is 5.91 Å². The summed E-state index contributed by atoms with van der Waals surface area (Å²) < 4.78 is 0. The van der Waals surface area contributed by atoms with Crippen LogP contribution in [0.25, 0.3) is 0 Å². The van der Waals surface area contributed by atoms with Gasteiger partial charge in [-0.2, -0.15) is 0 Å². The molecule has 110 valence electrons. The molecule has 1 aromatic carbocycles. The normalized spacial score (nSPS) is 15.9. The van der Waals surface area contributed by atoms with Crippen LogP contribution in [0.5, 0.6) is 0 Å². The second-order valence-corrected chi connectivity index (χ2v) is 5.53. The molecule has 1 aliphatic heterocycles. The van der Waals surface area contributed by atoms with Gasteiger partial charge in [0.1, 0.15) is 0 Å². The summed E-state index contributed by atoms with van der Waals surface area (Å²) >= 11 is 0. The van der Waals surface area contributed by atoms with Crippen molar-refractivity contribution in [1.29, 1.82) is 0 Å². The highest BCUT2D eigenvalue weighted by Gasteiger charge is 2.23. The molecule has 0 aromatic heterocycles. The monoisotopic (exact) mass is 274 g/mol. The third-order valence-electron chi connectivity index (χ3n) is 4.36. The van der Waals surface area contributed by atoms with Gasteiger partial charge in [0.2, 0.25) is 0 Å². The van der Waals surface area contributed by atoms with Crippen molar-refractivity contribution in [1.82, 2.24) is 10.6 Å². The first-order valence-electron chi connectivity index (χ1n) is 7.85. The number of nitrogens with one attached hydrogen (secondary N) is 2. The van der Waals surface area contributed by atoms with E-state index in [0.717, 1.165) is 37.9 Å². The van der Waals surface area contributed by atoms with Crippen LogP contribution in [-0.4, -0.2) is 19.0 Å². The standard InChI is InChI=1S/C17H26N2O/c1-4-12(5-2)16(18-6-3)14-8-7-13-9-10-19-17(20)15(13)11-14/h7-8,11-12,16,18H,4-6,9-10H2,1-3H3,(H,19,20). The van der Waals surface area contributed by atoms with Gasteiger partial charge in [-0.05, 0) is 36.1 Å². The fraction of sp³-hybridized carbons (Fsp3) is 0.588. The van der Waals surface area contributed by atoms with Crippen molar-refractivity contribution in [2.24, 2.45) is 5.92 Å². The van der Waals surface area contributed by atoms with Gasteiger partial charge in [-0.3, -0.25) is 4.79 Å². The highest BCUT2D eigenvalue weighted by molar-refractivity contribution is 5.96. The Morgan fingerprint density at radius 1 is 1.25 bits per heavy atom. The third-order valence-corrected chi connectivity index (χ3v) is 4.36. The van der Waals surface area contributed by atoms with Crippen LogP contribution in [-0.2, 0) is 6.42 Å². The van der Waals surface area contributed by atoms with Crippen LogP contribution >= 0.6 is 0 Å². The molecule has 3 heteroatoms. The molecule has 1 aliphatic rings. The lowest BCUT2D eigenvalue weighted by molar-refractivity contribution is 0.0946. The van der Waals surface area contributed by atoms with E-state index in [0.29, 0.717) is 12.0 Å². The Kier molecular flexibility index (Phi) is 5.18. The number of carbonyl (C=O) groups excluding carboxylic acids is 1. The Balaban J connectivity index is 2.34. The predicted molar refractivity (Wildman–Crippen MR) is 83.0 cm³/mol. The number of benzene rings is 1. The summed E-state index contributed by atoms with van der Waals surface area (Å²) in [5, 5.41) is 6.52. The van der Waals surface area contributed by atoms with E-state index in [2.05, 4.69) is 49.6 Å². The smallest absolute Gasteiger partial charge is 0.251 e. The molecule has 0 spiro atoms. The minimum atomic E-state index is 0.0768. The van der Waals surface area contributed by atoms with Crippen molar-refractivity contribution in [3.05, 3.63) is 34.9 Å². The van der Waals surface area contributed by atoms with E-state index < -0.39 is 0 Å². The van der Waals surface area contributed by atoms with E-state index >= 15 is 0 Å². The minimum Gasteiger partial charge on any atom is -0.352 e. The molecule has 1 aromatic rings. The topological polar surface area (TPSA) is 41.1 Å². The van der Waals surface area contributed by atoms with E-state index in [1.54, 1.807) is 0 Å². The summed E-state index contributed by atoms with van der Waals surface area (Å²) in [5.41, 5.74) is 3.29. The molecule has 1 unspecified atom stereocenters. The molecule has 1 amide bonds. The number of rotatable bonds is 6. The first-order chi connectivity index (χ1) is 9.71. The van der Waals surface area contributed by atoms with Gasteiger partial charge in [0.25, 0.3) is 5.91 Å². The molecule has 3 nitrogen and oxygen atoms in total. The van der Waals surface area contributed by atoms with Gasteiger partial charge in [0.15, 0.2) is 0 Å². The molecule has 1 heterocycles. The molecule has 20 heavy (non-hydrogen) atoms. The Morgan fingerprint density at radius 3 is 2.65 bits per heavy atom. The fourth-order valence-corrected chi connectivity index (χ4v) is 3.16. The minimum absolute atomic E-state index is 0.0768. The maximum atomic E-state index is 12.0. The highest BCUT2D eigenvalue weighted by Crippen LogP contribution is 2.29. The highest BCUT2D eigenvalue weighted by atomic mass is 16.1. The molecule has 0 saturated carbocycles. The lowest BCUT2D eigenvalue weighted by atomic mass is 9.86. The van der Waals surface area contributed by atoms with Crippen molar-refractivity contribution < 1.29 is 4.79 Å². The van der Waals surface area contributed by atoms with Crippen molar-refractivity contribution in [2.45, 2.75) is 46.1 Å². The Bertz CT molecular complexity index is 466. The zero-order valence-corrected chi connectivity index (χ0v) is 12.8. The number of hydrogen-bond donors (Lipinski definition) is 2.